The van der Waals surface area contributed by atoms with Gasteiger partial charge in [0.15, 0.2) is 12.6 Å². The fourth-order valence-electron chi connectivity index (χ4n) is 5.51. The summed E-state index contributed by atoms with van der Waals surface area (Å²) in [5.74, 6) is -1.51. The van der Waals surface area contributed by atoms with Crippen molar-refractivity contribution < 1.29 is 78.1 Å². The van der Waals surface area contributed by atoms with E-state index in [0.717, 1.165) is 0 Å². The molecule has 0 bridgehead atoms. The second-order valence-corrected chi connectivity index (χ2v) is 11.2. The number of fused-ring (bicyclic) bond motifs is 1. The summed E-state index contributed by atoms with van der Waals surface area (Å²) in [5, 5.41) is 65.0. The van der Waals surface area contributed by atoms with Crippen LogP contribution in [0.1, 0.15) is 20.3 Å². The van der Waals surface area contributed by atoms with E-state index in [-0.39, 0.29) is 32.3 Å². The van der Waals surface area contributed by atoms with Gasteiger partial charge in [-0.25, -0.2) is 0 Å². The molecule has 2 heterocycles. The molecule has 3 fully saturated rings. The average Bonchev–Trinajstić information content (AvgIpc) is 3.58. The summed E-state index contributed by atoms with van der Waals surface area (Å²) in [7, 11) is 0. The van der Waals surface area contributed by atoms with Crippen molar-refractivity contribution in [2.75, 3.05) is 79.3 Å². The minimum atomic E-state index is -1.62. The third-order valence-electron chi connectivity index (χ3n) is 7.86. The zero-order valence-electron chi connectivity index (χ0n) is 26.2. The van der Waals surface area contributed by atoms with Crippen LogP contribution < -0.4 is 10.6 Å². The van der Waals surface area contributed by atoms with Crippen LogP contribution in [0.5, 0.6) is 0 Å². The average molecular weight is 671 g/mol. The molecule has 8 N–H and O–H groups in total. The molecule has 1 aliphatic carbocycles. The van der Waals surface area contributed by atoms with Gasteiger partial charge in [0.05, 0.1) is 78.2 Å². The molecule has 268 valence electrons. The number of rotatable bonds is 22. The van der Waals surface area contributed by atoms with Crippen LogP contribution in [0.25, 0.3) is 0 Å². The minimum absolute atomic E-state index is 0.0782. The van der Waals surface area contributed by atoms with Crippen LogP contribution >= 0.6 is 0 Å². The Bertz CT molecular complexity index is 919. The molecular weight excluding hydrogens is 620 g/mol. The van der Waals surface area contributed by atoms with Gasteiger partial charge in [-0.15, -0.1) is 0 Å². The van der Waals surface area contributed by atoms with Crippen molar-refractivity contribution in [2.45, 2.75) is 81.1 Å². The molecular formula is C28H50N2O16. The molecule has 18 nitrogen and oxygen atoms in total. The Hall–Kier alpha value is -1.62. The summed E-state index contributed by atoms with van der Waals surface area (Å²) in [6, 6.07) is -1.78. The number of hydrogen-bond acceptors (Lipinski definition) is 16. The number of ether oxygens (including phenoxy) is 8. The first kappa shape index (κ1) is 38.8. The van der Waals surface area contributed by atoms with Crippen molar-refractivity contribution in [3.63, 3.8) is 0 Å². The van der Waals surface area contributed by atoms with Gasteiger partial charge < -0.3 is 79.2 Å². The Morgan fingerprint density at radius 3 is 1.65 bits per heavy atom. The molecule has 18 heteroatoms. The van der Waals surface area contributed by atoms with E-state index in [4.69, 9.17) is 37.9 Å². The van der Waals surface area contributed by atoms with Crippen molar-refractivity contribution in [3.8, 4) is 0 Å². The number of hydrogen-bond donors (Lipinski definition) is 8. The van der Waals surface area contributed by atoms with E-state index in [1.54, 1.807) is 0 Å². The maximum atomic E-state index is 11.6. The van der Waals surface area contributed by atoms with Crippen molar-refractivity contribution in [3.05, 3.63) is 0 Å². The lowest BCUT2D eigenvalue weighted by Crippen LogP contribution is -2.64. The second kappa shape index (κ2) is 19.4. The first-order chi connectivity index (χ1) is 22.1. The zero-order valence-corrected chi connectivity index (χ0v) is 26.2. The van der Waals surface area contributed by atoms with E-state index in [0.29, 0.717) is 46.1 Å². The molecule has 2 aliphatic heterocycles. The molecule has 2 saturated heterocycles. The van der Waals surface area contributed by atoms with E-state index in [1.165, 1.54) is 13.8 Å². The summed E-state index contributed by atoms with van der Waals surface area (Å²) in [5.41, 5.74) is -1.62. The summed E-state index contributed by atoms with van der Waals surface area (Å²) < 4.78 is 44.3. The number of aliphatic hydroxyl groups is 6. The predicted molar refractivity (Wildman–Crippen MR) is 153 cm³/mol. The number of amides is 2. The topological polar surface area (TPSA) is 253 Å². The van der Waals surface area contributed by atoms with Gasteiger partial charge >= 0.3 is 0 Å². The highest BCUT2D eigenvalue weighted by Crippen LogP contribution is 2.54. The highest BCUT2D eigenvalue weighted by molar-refractivity contribution is 5.73. The van der Waals surface area contributed by atoms with Crippen molar-refractivity contribution in [2.24, 2.45) is 5.92 Å². The lowest BCUT2D eigenvalue weighted by atomic mass is 9.97. The van der Waals surface area contributed by atoms with Gasteiger partial charge in [0.2, 0.25) is 11.8 Å². The molecule has 11 atom stereocenters. The zero-order chi connectivity index (χ0) is 33.7. The fourth-order valence-corrected chi connectivity index (χ4v) is 5.51. The van der Waals surface area contributed by atoms with Gasteiger partial charge in [0.25, 0.3) is 0 Å². The maximum absolute atomic E-state index is 11.6. The van der Waals surface area contributed by atoms with Crippen LogP contribution in [0.15, 0.2) is 0 Å². The molecule has 3 rings (SSSR count). The monoisotopic (exact) mass is 670 g/mol. The first-order valence-corrected chi connectivity index (χ1v) is 15.4. The van der Waals surface area contributed by atoms with Crippen LogP contribution in [0, 0.1) is 5.92 Å². The fraction of sp³-hybridized carbons (Fsp3) is 0.929. The second-order valence-electron chi connectivity index (χ2n) is 11.2. The van der Waals surface area contributed by atoms with E-state index in [1.807, 2.05) is 0 Å². The Labute approximate surface area is 267 Å². The van der Waals surface area contributed by atoms with E-state index in [9.17, 15) is 40.2 Å². The van der Waals surface area contributed by atoms with Gasteiger partial charge in [-0.1, -0.05) is 0 Å². The quantitative estimate of drug-likeness (QED) is 0.0504. The lowest BCUT2D eigenvalue weighted by molar-refractivity contribution is -0.272. The van der Waals surface area contributed by atoms with E-state index < -0.39 is 85.8 Å². The van der Waals surface area contributed by atoms with Gasteiger partial charge in [-0.3, -0.25) is 9.59 Å². The van der Waals surface area contributed by atoms with Crippen LogP contribution in [0.3, 0.4) is 0 Å². The maximum Gasteiger partial charge on any atom is 0.217 e. The summed E-state index contributed by atoms with van der Waals surface area (Å²) in [4.78, 5) is 23.0. The summed E-state index contributed by atoms with van der Waals surface area (Å²) >= 11 is 0. The minimum Gasteiger partial charge on any atom is -0.394 e. The Balaban J connectivity index is 1.14. The molecule has 3 aliphatic rings. The Morgan fingerprint density at radius 1 is 0.674 bits per heavy atom. The van der Waals surface area contributed by atoms with E-state index >= 15 is 0 Å². The van der Waals surface area contributed by atoms with Crippen molar-refractivity contribution >= 4 is 11.8 Å². The highest BCUT2D eigenvalue weighted by atomic mass is 16.7. The van der Waals surface area contributed by atoms with E-state index in [2.05, 4.69) is 10.6 Å². The normalized spacial score (nSPS) is 35.4. The van der Waals surface area contributed by atoms with Crippen LogP contribution in [-0.4, -0.2) is 183 Å². The van der Waals surface area contributed by atoms with Gasteiger partial charge in [0, 0.05) is 33.0 Å². The number of carbonyl (C=O) groups is 2. The number of nitrogens with one attached hydrogen (secondary N) is 2. The van der Waals surface area contributed by atoms with Gasteiger partial charge in [-0.05, 0) is 6.42 Å². The third kappa shape index (κ3) is 10.7. The smallest absolute Gasteiger partial charge is 0.217 e. The SMILES string of the molecule is CC(=O)NC1C(O)[C@@H](O)C(CO)O[C@H]1OCCOCCOCCCOCCOCCO[C@@H]1OC(CO)C2(O)C(O)[C@@H]2C1NC(C)=O. The molecule has 1 saturated carbocycles. The van der Waals surface area contributed by atoms with Crippen LogP contribution in [0.4, 0.5) is 0 Å². The molecule has 0 aromatic rings. The van der Waals surface area contributed by atoms with Crippen LogP contribution in [0.2, 0.25) is 0 Å². The molecule has 0 aromatic carbocycles. The standard InChI is InChI=1S/C28H50N2O16/c1-16(33)29-21-20-25(37)28(20,38)19(15-32)46-26(21)43-12-10-41-8-6-39-4-3-5-40-7-9-42-11-13-44-27-22(30-17(2)34)24(36)23(35)18(14-31)45-27/h18-27,31-32,35-38H,3-15H2,1-2H3,(H,29,33)(H,30,34)/t18?,19?,20-,21?,22?,23-,24?,25?,26+,27+,28?/m0/s1. The molecule has 7 unspecified atom stereocenters. The largest absolute Gasteiger partial charge is 0.394 e. The molecule has 0 spiro atoms. The molecule has 0 radical (unpaired) electrons. The van der Waals surface area contributed by atoms with Crippen molar-refractivity contribution in [1.29, 1.82) is 0 Å². The first-order valence-electron chi connectivity index (χ1n) is 15.4. The molecule has 0 aromatic heterocycles. The predicted octanol–water partition coefficient (Wildman–Crippen LogP) is -4.64. The number of aliphatic hydroxyl groups excluding tert-OH is 5. The van der Waals surface area contributed by atoms with Gasteiger partial charge in [0.1, 0.15) is 36.1 Å². The van der Waals surface area contributed by atoms with Crippen molar-refractivity contribution in [1.82, 2.24) is 10.6 Å². The summed E-state index contributed by atoms with van der Waals surface area (Å²) in [6.07, 6.45) is -7.36. The third-order valence-corrected chi connectivity index (χ3v) is 7.86. The molecule has 46 heavy (non-hydrogen) atoms. The molecule has 2 amide bonds. The number of carbonyl (C=O) groups excluding carboxylic acids is 2. The lowest BCUT2D eigenvalue weighted by Gasteiger charge is -2.42. The Morgan fingerprint density at radius 2 is 1.15 bits per heavy atom. The van der Waals surface area contributed by atoms with Crippen LogP contribution in [-0.2, 0) is 47.5 Å². The summed E-state index contributed by atoms with van der Waals surface area (Å²) in [6.45, 7) is 4.38. The van der Waals surface area contributed by atoms with Gasteiger partial charge in [-0.2, -0.15) is 0 Å². The Kier molecular flexibility index (Phi) is 16.4. The highest BCUT2D eigenvalue weighted by Gasteiger charge is 2.75.